The predicted molar refractivity (Wildman–Crippen MR) is 113 cm³/mol. The van der Waals surface area contributed by atoms with Crippen molar-refractivity contribution in [2.45, 2.75) is 32.5 Å². The summed E-state index contributed by atoms with van der Waals surface area (Å²) in [7, 11) is 2.06. The number of hydrogen-bond donors (Lipinski definition) is 1. The normalized spacial score (nSPS) is 19.4. The Labute approximate surface area is 165 Å². The molecule has 1 aliphatic heterocycles. The largest absolute Gasteiger partial charge is 0.352 e. The van der Waals surface area contributed by atoms with E-state index in [0.717, 1.165) is 17.4 Å². The van der Waals surface area contributed by atoms with Gasteiger partial charge in [0.15, 0.2) is 5.11 Å². The molecule has 1 N–H and O–H groups in total. The number of nitrogens with zero attached hydrogens (tertiary/aromatic N) is 3. The van der Waals surface area contributed by atoms with Crippen molar-refractivity contribution in [3.05, 3.63) is 89.0 Å². The van der Waals surface area contributed by atoms with E-state index in [2.05, 4.69) is 83.1 Å². The van der Waals surface area contributed by atoms with Crippen LogP contribution in [0.15, 0.2) is 60.8 Å². The SMILES string of the molecule is Cc1cc([C@@H]2[C@@H](c3ccccn3)NC(=S)N2C)c(C)n1Cc1ccccc1. The highest BCUT2D eigenvalue weighted by molar-refractivity contribution is 7.80. The number of aryl methyl sites for hydroxylation is 1. The van der Waals surface area contributed by atoms with E-state index in [9.17, 15) is 0 Å². The summed E-state index contributed by atoms with van der Waals surface area (Å²) in [6.07, 6.45) is 1.84. The topological polar surface area (TPSA) is 33.1 Å². The number of thiocarbonyl (C=S) groups is 1. The Morgan fingerprint density at radius 3 is 2.52 bits per heavy atom. The van der Waals surface area contributed by atoms with Crippen LogP contribution in [0.5, 0.6) is 0 Å². The Bertz CT molecular complexity index is 949. The number of nitrogens with one attached hydrogen (secondary N) is 1. The molecule has 1 aliphatic rings. The molecule has 1 aromatic carbocycles. The third kappa shape index (κ3) is 3.23. The molecule has 138 valence electrons. The van der Waals surface area contributed by atoms with Gasteiger partial charge < -0.3 is 14.8 Å². The minimum atomic E-state index is 0.0503. The van der Waals surface area contributed by atoms with E-state index in [1.165, 1.54) is 22.5 Å². The average molecular weight is 377 g/mol. The first-order valence-electron chi connectivity index (χ1n) is 9.21. The summed E-state index contributed by atoms with van der Waals surface area (Å²) >= 11 is 5.56. The molecule has 0 spiro atoms. The van der Waals surface area contributed by atoms with Crippen LogP contribution in [0.2, 0.25) is 0 Å². The molecule has 3 aromatic rings. The predicted octanol–water partition coefficient (Wildman–Crippen LogP) is 4.15. The van der Waals surface area contributed by atoms with Crippen molar-refractivity contribution in [1.82, 2.24) is 19.8 Å². The number of likely N-dealkylation sites (N-methyl/N-ethyl adjacent to an activating group) is 1. The second-order valence-corrected chi connectivity index (χ2v) is 7.52. The van der Waals surface area contributed by atoms with E-state index >= 15 is 0 Å². The molecule has 1 fully saturated rings. The van der Waals surface area contributed by atoms with Gasteiger partial charge in [-0.1, -0.05) is 36.4 Å². The van der Waals surface area contributed by atoms with Gasteiger partial charge >= 0.3 is 0 Å². The Morgan fingerprint density at radius 1 is 1.07 bits per heavy atom. The van der Waals surface area contributed by atoms with Crippen LogP contribution in [-0.2, 0) is 6.54 Å². The minimum Gasteiger partial charge on any atom is -0.352 e. The molecule has 0 bridgehead atoms. The number of rotatable bonds is 4. The van der Waals surface area contributed by atoms with Gasteiger partial charge in [0.1, 0.15) is 0 Å². The second kappa shape index (κ2) is 7.16. The van der Waals surface area contributed by atoms with Gasteiger partial charge in [0.25, 0.3) is 0 Å². The molecule has 0 unspecified atom stereocenters. The van der Waals surface area contributed by atoms with Crippen LogP contribution in [0, 0.1) is 13.8 Å². The van der Waals surface area contributed by atoms with Crippen LogP contribution in [0.1, 0.15) is 40.3 Å². The third-order valence-corrected chi connectivity index (χ3v) is 5.86. The molecule has 0 amide bonds. The fourth-order valence-electron chi connectivity index (χ4n) is 3.98. The Kier molecular flexibility index (Phi) is 4.70. The van der Waals surface area contributed by atoms with E-state index in [0.29, 0.717) is 0 Å². The number of pyridine rings is 1. The summed E-state index contributed by atoms with van der Waals surface area (Å²) in [5.41, 5.74) is 6.16. The zero-order valence-corrected chi connectivity index (χ0v) is 16.7. The van der Waals surface area contributed by atoms with Gasteiger partial charge in [0.2, 0.25) is 0 Å². The summed E-state index contributed by atoms with van der Waals surface area (Å²) in [6.45, 7) is 5.26. The minimum absolute atomic E-state index is 0.0503. The lowest BCUT2D eigenvalue weighted by atomic mass is 9.97. The van der Waals surface area contributed by atoms with E-state index in [1.54, 1.807) is 0 Å². The van der Waals surface area contributed by atoms with Crippen LogP contribution in [0.3, 0.4) is 0 Å². The summed E-state index contributed by atoms with van der Waals surface area (Å²) in [5, 5.41) is 4.23. The van der Waals surface area contributed by atoms with E-state index < -0.39 is 0 Å². The monoisotopic (exact) mass is 376 g/mol. The molecule has 0 aliphatic carbocycles. The van der Waals surface area contributed by atoms with Gasteiger partial charge in [0.05, 0.1) is 17.8 Å². The summed E-state index contributed by atoms with van der Waals surface area (Å²) in [6, 6.07) is 19.1. The molecule has 3 heterocycles. The molecule has 4 nitrogen and oxygen atoms in total. The average Bonchev–Trinajstić information content (AvgIpc) is 3.13. The molecule has 1 saturated heterocycles. The molecular formula is C22H24N4S. The molecule has 0 saturated carbocycles. The fourth-order valence-corrected chi connectivity index (χ4v) is 4.22. The van der Waals surface area contributed by atoms with Crippen LogP contribution < -0.4 is 5.32 Å². The maximum Gasteiger partial charge on any atom is 0.169 e. The third-order valence-electron chi connectivity index (χ3n) is 5.45. The molecule has 4 rings (SSSR count). The Morgan fingerprint density at radius 2 is 1.81 bits per heavy atom. The molecular weight excluding hydrogens is 352 g/mol. The van der Waals surface area contributed by atoms with E-state index in [1.807, 2.05) is 18.3 Å². The van der Waals surface area contributed by atoms with Crippen molar-refractivity contribution in [2.24, 2.45) is 0 Å². The highest BCUT2D eigenvalue weighted by Crippen LogP contribution is 2.39. The zero-order chi connectivity index (χ0) is 19.0. The smallest absolute Gasteiger partial charge is 0.169 e. The first-order chi connectivity index (χ1) is 13.1. The Hall–Kier alpha value is -2.66. The number of hydrogen-bond acceptors (Lipinski definition) is 2. The second-order valence-electron chi connectivity index (χ2n) is 7.14. The van der Waals surface area contributed by atoms with Gasteiger partial charge in [-0.25, -0.2) is 0 Å². The Balaban J connectivity index is 1.73. The van der Waals surface area contributed by atoms with Crippen LogP contribution >= 0.6 is 12.2 Å². The van der Waals surface area contributed by atoms with Gasteiger partial charge in [0, 0.05) is 31.2 Å². The highest BCUT2D eigenvalue weighted by atomic mass is 32.1. The lowest BCUT2D eigenvalue weighted by molar-refractivity contribution is 0.366. The van der Waals surface area contributed by atoms with Crippen molar-refractivity contribution >= 4 is 17.3 Å². The maximum atomic E-state index is 5.56. The van der Waals surface area contributed by atoms with E-state index in [-0.39, 0.29) is 12.1 Å². The molecule has 27 heavy (non-hydrogen) atoms. The lowest BCUT2D eigenvalue weighted by Crippen LogP contribution is -2.25. The van der Waals surface area contributed by atoms with Crippen LogP contribution in [-0.4, -0.2) is 26.6 Å². The summed E-state index contributed by atoms with van der Waals surface area (Å²) in [4.78, 5) is 6.73. The van der Waals surface area contributed by atoms with Crippen LogP contribution in [0.4, 0.5) is 0 Å². The summed E-state index contributed by atoms with van der Waals surface area (Å²) in [5.74, 6) is 0. The number of aromatic nitrogens is 2. The van der Waals surface area contributed by atoms with Crippen molar-refractivity contribution in [1.29, 1.82) is 0 Å². The lowest BCUT2D eigenvalue weighted by Gasteiger charge is -2.24. The standard InChI is InChI=1S/C22H24N4S/c1-15-13-18(16(2)26(15)14-17-9-5-4-6-10-17)21-20(24-22(27)25(21)3)19-11-7-8-12-23-19/h4-13,20-21H,14H2,1-3H3,(H,24,27)/t20-,21-/m1/s1. The fraction of sp³-hybridized carbons (Fsp3) is 0.273. The van der Waals surface area contributed by atoms with Gasteiger partial charge in [-0.15, -0.1) is 0 Å². The van der Waals surface area contributed by atoms with E-state index in [4.69, 9.17) is 12.2 Å². The molecule has 0 radical (unpaired) electrons. The van der Waals surface area contributed by atoms with Crippen LogP contribution in [0.25, 0.3) is 0 Å². The van der Waals surface area contributed by atoms with Crippen molar-refractivity contribution in [3.8, 4) is 0 Å². The molecule has 5 heteroatoms. The van der Waals surface area contributed by atoms with Crippen molar-refractivity contribution in [2.75, 3.05) is 7.05 Å². The quantitative estimate of drug-likeness (QED) is 0.694. The highest BCUT2D eigenvalue weighted by Gasteiger charge is 2.39. The zero-order valence-electron chi connectivity index (χ0n) is 15.9. The molecule has 2 aromatic heterocycles. The van der Waals surface area contributed by atoms with Gasteiger partial charge in [-0.3, -0.25) is 4.98 Å². The number of benzene rings is 1. The van der Waals surface area contributed by atoms with Crippen molar-refractivity contribution < 1.29 is 0 Å². The molecule has 2 atom stereocenters. The first-order valence-corrected chi connectivity index (χ1v) is 9.62. The first kappa shape index (κ1) is 17.7. The van der Waals surface area contributed by atoms with Gasteiger partial charge in [-0.05, 0) is 55.4 Å². The van der Waals surface area contributed by atoms with Crippen molar-refractivity contribution in [3.63, 3.8) is 0 Å². The van der Waals surface area contributed by atoms with Gasteiger partial charge in [-0.2, -0.15) is 0 Å². The summed E-state index contributed by atoms with van der Waals surface area (Å²) < 4.78 is 2.38. The maximum absolute atomic E-state index is 5.56.